The van der Waals surface area contributed by atoms with E-state index in [9.17, 15) is 0 Å². The first-order valence-electron chi connectivity index (χ1n) is 4.97. The second-order valence-corrected chi connectivity index (χ2v) is 4.37. The third kappa shape index (κ3) is 2.76. The van der Waals surface area contributed by atoms with Crippen LogP contribution in [-0.4, -0.2) is 16.8 Å². The summed E-state index contributed by atoms with van der Waals surface area (Å²) in [7, 11) is 0. The summed E-state index contributed by atoms with van der Waals surface area (Å²) in [4.78, 5) is 5.18. The van der Waals surface area contributed by atoms with Gasteiger partial charge in [0.2, 0.25) is 5.90 Å². The van der Waals surface area contributed by atoms with E-state index in [1.54, 1.807) is 23.7 Å². The molecule has 2 aromatic rings. The molecule has 0 saturated heterocycles. The van der Waals surface area contributed by atoms with E-state index in [0.29, 0.717) is 5.56 Å². The number of aromatic nitrogens is 1. The lowest BCUT2D eigenvalue weighted by atomic mass is 10.2. The Morgan fingerprint density at radius 1 is 1.35 bits per heavy atom. The normalized spacial score (nSPS) is 9.94. The summed E-state index contributed by atoms with van der Waals surface area (Å²) >= 11 is 1.62. The van der Waals surface area contributed by atoms with Crippen molar-refractivity contribution in [3.05, 3.63) is 41.5 Å². The summed E-state index contributed by atoms with van der Waals surface area (Å²) in [6.45, 7) is 1.49. The van der Waals surface area contributed by atoms with E-state index in [1.807, 2.05) is 23.6 Å². The quantitative estimate of drug-likeness (QED) is 0.630. The third-order valence-corrected chi connectivity index (χ3v) is 2.98. The standard InChI is InChI=1S/C12H11N3OS/c1-8(13)16-12(14)10-5-9(6-15-7-10)11-3-2-4-17-11/h2-7,13-14H,1H3. The Balaban J connectivity index is 2.29. The molecule has 2 rings (SSSR count). The maximum atomic E-state index is 7.68. The van der Waals surface area contributed by atoms with Crippen LogP contribution in [-0.2, 0) is 4.74 Å². The monoisotopic (exact) mass is 245 g/mol. The molecule has 0 atom stereocenters. The van der Waals surface area contributed by atoms with Gasteiger partial charge in [0, 0.05) is 29.8 Å². The second kappa shape index (κ2) is 4.88. The lowest BCUT2D eigenvalue weighted by Gasteiger charge is -2.05. The van der Waals surface area contributed by atoms with Crippen LogP contribution < -0.4 is 0 Å². The first-order valence-corrected chi connectivity index (χ1v) is 5.85. The number of thiophene rings is 1. The fourth-order valence-corrected chi connectivity index (χ4v) is 2.06. The van der Waals surface area contributed by atoms with Crippen molar-refractivity contribution in [1.82, 2.24) is 4.98 Å². The van der Waals surface area contributed by atoms with Gasteiger partial charge in [0.1, 0.15) is 0 Å². The minimum atomic E-state index is -0.0524. The second-order valence-electron chi connectivity index (χ2n) is 3.43. The highest BCUT2D eigenvalue weighted by Gasteiger charge is 2.07. The largest absolute Gasteiger partial charge is 0.425 e. The fraction of sp³-hybridized carbons (Fsp3) is 0.0833. The van der Waals surface area contributed by atoms with Crippen LogP contribution in [0.5, 0.6) is 0 Å². The maximum absolute atomic E-state index is 7.68. The molecule has 2 N–H and O–H groups in total. The summed E-state index contributed by atoms with van der Waals surface area (Å²) in [5.74, 6) is -0.0556. The summed E-state index contributed by atoms with van der Waals surface area (Å²) in [6, 6.07) is 5.80. The van der Waals surface area contributed by atoms with E-state index < -0.39 is 0 Å². The van der Waals surface area contributed by atoms with Crippen LogP contribution in [0.25, 0.3) is 10.4 Å². The molecule has 0 aliphatic carbocycles. The van der Waals surface area contributed by atoms with Crippen molar-refractivity contribution in [2.45, 2.75) is 6.92 Å². The number of hydrogen-bond donors (Lipinski definition) is 2. The predicted molar refractivity (Wildman–Crippen MR) is 68.9 cm³/mol. The molecule has 0 saturated carbocycles. The molecule has 0 aliphatic rings. The Labute approximate surface area is 103 Å². The molecule has 86 valence electrons. The van der Waals surface area contributed by atoms with Crippen LogP contribution >= 0.6 is 11.3 Å². The van der Waals surface area contributed by atoms with Crippen molar-refractivity contribution in [1.29, 1.82) is 10.8 Å². The van der Waals surface area contributed by atoms with Gasteiger partial charge < -0.3 is 4.74 Å². The molecular weight excluding hydrogens is 234 g/mol. The first kappa shape index (κ1) is 11.5. The Morgan fingerprint density at radius 2 is 2.18 bits per heavy atom. The molecule has 0 unspecified atom stereocenters. The molecule has 2 aromatic heterocycles. The van der Waals surface area contributed by atoms with Gasteiger partial charge in [0.15, 0.2) is 5.90 Å². The van der Waals surface area contributed by atoms with E-state index in [4.69, 9.17) is 15.6 Å². The average molecular weight is 245 g/mol. The molecule has 17 heavy (non-hydrogen) atoms. The number of nitrogens with zero attached hydrogens (tertiary/aromatic N) is 1. The number of nitrogens with one attached hydrogen (secondary N) is 2. The van der Waals surface area contributed by atoms with Gasteiger partial charge in [-0.3, -0.25) is 15.8 Å². The Morgan fingerprint density at radius 3 is 2.82 bits per heavy atom. The molecule has 2 heterocycles. The van der Waals surface area contributed by atoms with Crippen LogP contribution in [0.4, 0.5) is 0 Å². The van der Waals surface area contributed by atoms with Crippen LogP contribution in [0.2, 0.25) is 0 Å². The van der Waals surface area contributed by atoms with Crippen LogP contribution in [0.3, 0.4) is 0 Å². The van der Waals surface area contributed by atoms with Crippen molar-refractivity contribution < 1.29 is 4.74 Å². The van der Waals surface area contributed by atoms with Crippen LogP contribution in [0.15, 0.2) is 36.0 Å². The minimum Gasteiger partial charge on any atom is -0.425 e. The summed E-state index contributed by atoms with van der Waals surface area (Å²) in [6.07, 6.45) is 3.31. The predicted octanol–water partition coefficient (Wildman–Crippen LogP) is 3.15. The zero-order chi connectivity index (χ0) is 12.3. The molecule has 0 aromatic carbocycles. The van der Waals surface area contributed by atoms with Gasteiger partial charge in [-0.05, 0) is 17.5 Å². The van der Waals surface area contributed by atoms with Crippen molar-refractivity contribution >= 4 is 23.1 Å². The molecule has 0 bridgehead atoms. The topological polar surface area (TPSA) is 69.8 Å². The van der Waals surface area contributed by atoms with Gasteiger partial charge in [-0.2, -0.15) is 0 Å². The molecule has 0 spiro atoms. The van der Waals surface area contributed by atoms with Gasteiger partial charge in [0.05, 0.1) is 5.56 Å². The number of rotatable bonds is 2. The maximum Gasteiger partial charge on any atom is 0.222 e. The fourth-order valence-electron chi connectivity index (χ4n) is 1.35. The van der Waals surface area contributed by atoms with Gasteiger partial charge in [-0.25, -0.2) is 0 Å². The van der Waals surface area contributed by atoms with Gasteiger partial charge in [-0.15, -0.1) is 11.3 Å². The zero-order valence-corrected chi connectivity index (χ0v) is 10.0. The van der Waals surface area contributed by atoms with Crippen molar-refractivity contribution in [2.75, 3.05) is 0 Å². The zero-order valence-electron chi connectivity index (χ0n) is 9.23. The van der Waals surface area contributed by atoms with Crippen molar-refractivity contribution in [3.8, 4) is 10.4 Å². The van der Waals surface area contributed by atoms with Crippen LogP contribution in [0.1, 0.15) is 12.5 Å². The molecule has 4 nitrogen and oxygen atoms in total. The Kier molecular flexibility index (Phi) is 3.30. The van der Waals surface area contributed by atoms with E-state index >= 15 is 0 Å². The smallest absolute Gasteiger partial charge is 0.222 e. The summed E-state index contributed by atoms with van der Waals surface area (Å²) in [5, 5.41) is 16.9. The number of hydrogen-bond acceptors (Lipinski definition) is 5. The Hall–Kier alpha value is -2.01. The lowest BCUT2D eigenvalue weighted by Crippen LogP contribution is -2.09. The SMILES string of the molecule is CC(=N)OC(=N)c1cncc(-c2cccs2)c1. The van der Waals surface area contributed by atoms with Gasteiger partial charge in [0.25, 0.3) is 0 Å². The third-order valence-electron chi connectivity index (χ3n) is 2.06. The van der Waals surface area contributed by atoms with Crippen LogP contribution in [0, 0.1) is 10.8 Å². The van der Waals surface area contributed by atoms with E-state index in [-0.39, 0.29) is 11.8 Å². The average Bonchev–Trinajstić information content (AvgIpc) is 2.82. The number of ether oxygens (including phenoxy) is 1. The summed E-state index contributed by atoms with van der Waals surface area (Å²) < 4.78 is 4.94. The highest BCUT2D eigenvalue weighted by molar-refractivity contribution is 7.13. The molecule has 0 aliphatic heterocycles. The number of pyridine rings is 1. The van der Waals surface area contributed by atoms with E-state index in [1.165, 1.54) is 6.92 Å². The highest BCUT2D eigenvalue weighted by Crippen LogP contribution is 2.24. The van der Waals surface area contributed by atoms with Crippen molar-refractivity contribution in [2.24, 2.45) is 0 Å². The lowest BCUT2D eigenvalue weighted by molar-refractivity contribution is 0.532. The molecule has 0 fully saturated rings. The minimum absolute atomic E-state index is 0.00322. The van der Waals surface area contributed by atoms with E-state index in [0.717, 1.165) is 10.4 Å². The molecule has 0 radical (unpaired) electrons. The van der Waals surface area contributed by atoms with Gasteiger partial charge >= 0.3 is 0 Å². The molecular formula is C12H11N3OS. The first-order chi connectivity index (χ1) is 8.16. The Bertz CT molecular complexity index is 549. The molecule has 5 heteroatoms. The van der Waals surface area contributed by atoms with Crippen molar-refractivity contribution in [3.63, 3.8) is 0 Å². The van der Waals surface area contributed by atoms with E-state index in [2.05, 4.69) is 4.98 Å². The molecule has 0 amide bonds. The van der Waals surface area contributed by atoms with Gasteiger partial charge in [-0.1, -0.05) is 6.07 Å². The highest BCUT2D eigenvalue weighted by atomic mass is 32.1. The summed E-state index contributed by atoms with van der Waals surface area (Å²) in [5.41, 5.74) is 1.52.